The normalized spacial score (nSPS) is 16.1. The van der Waals surface area contributed by atoms with Crippen molar-refractivity contribution in [1.82, 2.24) is 4.31 Å². The fourth-order valence-corrected chi connectivity index (χ4v) is 5.80. The fraction of sp³-hybridized carbons (Fsp3) is 0.400. The number of para-hydroxylation sites is 1. The highest BCUT2D eigenvalue weighted by Crippen LogP contribution is 2.29. The molecule has 2 aromatic carbocycles. The Kier molecular flexibility index (Phi) is 5.47. The number of halogens is 1. The van der Waals surface area contributed by atoms with Crippen LogP contribution >= 0.6 is 15.9 Å². The fourth-order valence-electron chi connectivity index (χ4n) is 3.63. The summed E-state index contributed by atoms with van der Waals surface area (Å²) in [5, 5.41) is 0. The van der Waals surface area contributed by atoms with Gasteiger partial charge in [-0.3, -0.25) is 0 Å². The highest BCUT2D eigenvalue weighted by atomic mass is 79.9. The van der Waals surface area contributed by atoms with Crippen LogP contribution in [0.25, 0.3) is 0 Å². The van der Waals surface area contributed by atoms with Crippen LogP contribution in [-0.4, -0.2) is 38.9 Å². The van der Waals surface area contributed by atoms with Gasteiger partial charge >= 0.3 is 0 Å². The standard InChI is InChI=1S/C20H25BrN2O2S/c1-14-6-5-7-15(2)20(14)22-8-10-23(11-9-22)26(24,25)19-13-16(3)18(21)12-17(19)4/h5-7,12-13H,8-11H2,1-4H3. The molecule has 0 bridgehead atoms. The van der Waals surface area contributed by atoms with Crippen molar-refractivity contribution in [2.75, 3.05) is 31.1 Å². The topological polar surface area (TPSA) is 40.6 Å². The molecule has 140 valence electrons. The molecule has 0 atom stereocenters. The molecule has 6 heteroatoms. The van der Waals surface area contributed by atoms with Gasteiger partial charge in [-0.25, -0.2) is 8.42 Å². The lowest BCUT2D eigenvalue weighted by molar-refractivity contribution is 0.384. The van der Waals surface area contributed by atoms with Crippen molar-refractivity contribution in [3.8, 4) is 0 Å². The molecule has 0 unspecified atom stereocenters. The van der Waals surface area contributed by atoms with Crippen molar-refractivity contribution < 1.29 is 8.42 Å². The molecule has 1 aliphatic rings. The van der Waals surface area contributed by atoms with Crippen molar-refractivity contribution in [2.24, 2.45) is 0 Å². The van der Waals surface area contributed by atoms with Crippen LogP contribution in [0, 0.1) is 27.7 Å². The average molecular weight is 437 g/mol. The van der Waals surface area contributed by atoms with Crippen LogP contribution in [0.5, 0.6) is 0 Å². The maximum absolute atomic E-state index is 13.1. The van der Waals surface area contributed by atoms with Crippen LogP contribution < -0.4 is 4.90 Å². The van der Waals surface area contributed by atoms with Gasteiger partial charge in [0.25, 0.3) is 0 Å². The molecule has 3 rings (SSSR count). The Hall–Kier alpha value is -1.37. The molecule has 0 radical (unpaired) electrons. The number of anilines is 1. The highest BCUT2D eigenvalue weighted by molar-refractivity contribution is 9.10. The molecule has 1 heterocycles. The van der Waals surface area contributed by atoms with Crippen molar-refractivity contribution in [3.63, 3.8) is 0 Å². The number of hydrogen-bond donors (Lipinski definition) is 0. The van der Waals surface area contributed by atoms with Gasteiger partial charge in [0.15, 0.2) is 0 Å². The van der Waals surface area contributed by atoms with Gasteiger partial charge in [-0.2, -0.15) is 4.31 Å². The van der Waals surface area contributed by atoms with E-state index in [9.17, 15) is 8.42 Å². The van der Waals surface area contributed by atoms with E-state index in [0.717, 1.165) is 15.6 Å². The first-order chi connectivity index (χ1) is 12.2. The summed E-state index contributed by atoms with van der Waals surface area (Å²) in [5.74, 6) is 0. The highest BCUT2D eigenvalue weighted by Gasteiger charge is 2.30. The van der Waals surface area contributed by atoms with Gasteiger partial charge in [0.1, 0.15) is 0 Å². The maximum atomic E-state index is 13.1. The van der Waals surface area contributed by atoms with Gasteiger partial charge in [-0.15, -0.1) is 0 Å². The quantitative estimate of drug-likeness (QED) is 0.723. The summed E-state index contributed by atoms with van der Waals surface area (Å²) in [5.41, 5.74) is 5.42. The smallest absolute Gasteiger partial charge is 0.243 e. The molecule has 26 heavy (non-hydrogen) atoms. The predicted molar refractivity (Wildman–Crippen MR) is 111 cm³/mol. The second-order valence-electron chi connectivity index (χ2n) is 7.00. The molecule has 1 aliphatic heterocycles. The minimum atomic E-state index is -3.47. The molecule has 0 spiro atoms. The van der Waals surface area contributed by atoms with Crippen molar-refractivity contribution in [1.29, 1.82) is 0 Å². The third-order valence-electron chi connectivity index (χ3n) is 5.07. The summed E-state index contributed by atoms with van der Waals surface area (Å²) < 4.78 is 28.8. The molecule has 0 aromatic heterocycles. The molecule has 0 amide bonds. The molecule has 1 fully saturated rings. The van der Waals surface area contributed by atoms with Gasteiger partial charge < -0.3 is 4.90 Å². The number of piperazine rings is 1. The molecular weight excluding hydrogens is 412 g/mol. The van der Waals surface area contributed by atoms with Crippen LogP contribution in [-0.2, 0) is 10.0 Å². The lowest BCUT2D eigenvalue weighted by Crippen LogP contribution is -2.49. The van der Waals surface area contributed by atoms with E-state index in [2.05, 4.69) is 52.9 Å². The first kappa shape index (κ1) is 19.4. The van der Waals surface area contributed by atoms with Gasteiger partial charge in [0.05, 0.1) is 4.90 Å². The monoisotopic (exact) mass is 436 g/mol. The maximum Gasteiger partial charge on any atom is 0.243 e. The van der Waals surface area contributed by atoms with Crippen LogP contribution in [0.15, 0.2) is 39.7 Å². The summed E-state index contributed by atoms with van der Waals surface area (Å²) in [6.45, 7) is 10.4. The zero-order chi connectivity index (χ0) is 19.1. The first-order valence-corrected chi connectivity index (χ1v) is 11.0. The van der Waals surface area contributed by atoms with E-state index < -0.39 is 10.0 Å². The summed E-state index contributed by atoms with van der Waals surface area (Å²) in [7, 11) is -3.47. The third-order valence-corrected chi connectivity index (χ3v) is 7.96. The molecule has 4 nitrogen and oxygen atoms in total. The predicted octanol–water partition coefficient (Wildman–Crippen LogP) is 4.19. The van der Waals surface area contributed by atoms with E-state index in [4.69, 9.17) is 0 Å². The van der Waals surface area contributed by atoms with E-state index in [0.29, 0.717) is 31.1 Å². The van der Waals surface area contributed by atoms with Crippen molar-refractivity contribution >= 4 is 31.6 Å². The Morgan fingerprint density at radius 3 is 2.00 bits per heavy atom. The number of sulfonamides is 1. The number of hydrogen-bond acceptors (Lipinski definition) is 3. The number of aryl methyl sites for hydroxylation is 4. The molecular formula is C20H25BrN2O2S. The zero-order valence-corrected chi connectivity index (χ0v) is 18.1. The number of benzene rings is 2. The largest absolute Gasteiger partial charge is 0.368 e. The van der Waals surface area contributed by atoms with Gasteiger partial charge in [-0.1, -0.05) is 34.1 Å². The Morgan fingerprint density at radius 2 is 1.42 bits per heavy atom. The van der Waals surface area contributed by atoms with E-state index >= 15 is 0 Å². The minimum absolute atomic E-state index is 0.415. The number of nitrogens with zero attached hydrogens (tertiary/aromatic N) is 2. The van der Waals surface area contributed by atoms with Crippen LogP contribution in [0.3, 0.4) is 0 Å². The summed E-state index contributed by atoms with van der Waals surface area (Å²) in [6, 6.07) is 9.94. The van der Waals surface area contributed by atoms with E-state index in [1.165, 1.54) is 16.8 Å². The van der Waals surface area contributed by atoms with Crippen LogP contribution in [0.2, 0.25) is 0 Å². The van der Waals surface area contributed by atoms with Gasteiger partial charge in [-0.05, 0) is 62.1 Å². The van der Waals surface area contributed by atoms with Crippen molar-refractivity contribution in [3.05, 3.63) is 57.1 Å². The second kappa shape index (κ2) is 7.33. The SMILES string of the molecule is Cc1cc(S(=O)(=O)N2CCN(c3c(C)cccc3C)CC2)c(C)cc1Br. The second-order valence-corrected chi connectivity index (χ2v) is 9.76. The molecule has 0 N–H and O–H groups in total. The zero-order valence-electron chi connectivity index (χ0n) is 15.7. The first-order valence-electron chi connectivity index (χ1n) is 8.80. The minimum Gasteiger partial charge on any atom is -0.368 e. The van der Waals surface area contributed by atoms with E-state index in [1.54, 1.807) is 10.4 Å². The van der Waals surface area contributed by atoms with Gasteiger partial charge in [0, 0.05) is 36.3 Å². The summed E-state index contributed by atoms with van der Waals surface area (Å²) in [4.78, 5) is 2.72. The molecule has 0 aliphatic carbocycles. The summed E-state index contributed by atoms with van der Waals surface area (Å²) >= 11 is 3.48. The average Bonchev–Trinajstić information content (AvgIpc) is 2.58. The Morgan fingerprint density at radius 1 is 0.846 bits per heavy atom. The lowest BCUT2D eigenvalue weighted by Gasteiger charge is -2.37. The third kappa shape index (κ3) is 3.55. The molecule has 1 saturated heterocycles. The van der Waals surface area contributed by atoms with E-state index in [-0.39, 0.29) is 0 Å². The summed E-state index contributed by atoms with van der Waals surface area (Å²) in [6.07, 6.45) is 0. The van der Waals surface area contributed by atoms with E-state index in [1.807, 2.05) is 19.9 Å². The van der Waals surface area contributed by atoms with Gasteiger partial charge in [0.2, 0.25) is 10.0 Å². The Balaban J connectivity index is 1.82. The molecule has 2 aromatic rings. The van der Waals surface area contributed by atoms with Crippen LogP contribution in [0.4, 0.5) is 5.69 Å². The van der Waals surface area contributed by atoms with Crippen molar-refractivity contribution in [2.45, 2.75) is 32.6 Å². The Bertz CT molecular complexity index is 913. The lowest BCUT2D eigenvalue weighted by atomic mass is 10.1. The van der Waals surface area contributed by atoms with Crippen LogP contribution in [0.1, 0.15) is 22.3 Å². The molecule has 0 saturated carbocycles. The Labute approximate surface area is 165 Å². The number of rotatable bonds is 3.